The van der Waals surface area contributed by atoms with Crippen LogP contribution in [0.15, 0.2) is 24.3 Å². The van der Waals surface area contributed by atoms with Gasteiger partial charge in [0.05, 0.1) is 25.0 Å². The molecular weight excluding hydrogens is 497 g/mol. The van der Waals surface area contributed by atoms with Crippen LogP contribution in [-0.4, -0.2) is 38.1 Å². The summed E-state index contributed by atoms with van der Waals surface area (Å²) in [4.78, 5) is 38.7. The lowest BCUT2D eigenvalue weighted by atomic mass is 9.44. The molecule has 4 fully saturated rings. The Morgan fingerprint density at radius 3 is 2.20 bits per heavy atom. The van der Waals surface area contributed by atoms with Crippen LogP contribution in [0.2, 0.25) is 0 Å². The molecule has 5 rings (SSSR count). The molecule has 0 heterocycles. The third-order valence-corrected chi connectivity index (χ3v) is 8.02. The average Bonchev–Trinajstić information content (AvgIpc) is 2.72. The van der Waals surface area contributed by atoms with Gasteiger partial charge < -0.3 is 14.8 Å². The highest BCUT2D eigenvalue weighted by Gasteiger charge is 2.63. The number of benzene rings is 1. The van der Waals surface area contributed by atoms with Gasteiger partial charge in [0.1, 0.15) is 6.04 Å². The van der Waals surface area contributed by atoms with Crippen molar-refractivity contribution in [1.29, 1.82) is 0 Å². The van der Waals surface area contributed by atoms with Crippen molar-refractivity contribution in [2.24, 2.45) is 22.7 Å². The van der Waals surface area contributed by atoms with E-state index < -0.39 is 22.8 Å². The quantitative estimate of drug-likeness (QED) is 0.456. The molecule has 0 aromatic heterocycles. The molecule has 2 unspecified atom stereocenters. The number of hydrogen-bond acceptors (Lipinski definition) is 5. The van der Waals surface area contributed by atoms with Crippen molar-refractivity contribution >= 4 is 40.4 Å². The van der Waals surface area contributed by atoms with E-state index >= 15 is 0 Å². The molecule has 1 amide bonds. The van der Waals surface area contributed by atoms with E-state index in [-0.39, 0.29) is 11.9 Å². The fourth-order valence-electron chi connectivity index (χ4n) is 6.49. The normalized spacial score (nSPS) is 32.4. The van der Waals surface area contributed by atoms with E-state index in [0.29, 0.717) is 24.7 Å². The third kappa shape index (κ3) is 3.85. The van der Waals surface area contributed by atoms with Crippen LogP contribution >= 0.6 is 22.6 Å². The highest BCUT2D eigenvalue weighted by Crippen LogP contribution is 2.65. The maximum atomic E-state index is 13.6. The number of ether oxygens (including phenoxy) is 2. The van der Waals surface area contributed by atoms with Gasteiger partial charge in [0, 0.05) is 9.99 Å². The smallest absolute Gasteiger partial charge is 0.328 e. The van der Waals surface area contributed by atoms with Crippen molar-refractivity contribution in [1.82, 2.24) is 5.32 Å². The second-order valence-corrected chi connectivity index (χ2v) is 10.6. The summed E-state index contributed by atoms with van der Waals surface area (Å²) in [5, 5.41) is 2.99. The van der Waals surface area contributed by atoms with Crippen LogP contribution in [0.3, 0.4) is 0 Å². The number of halogens is 1. The maximum absolute atomic E-state index is 13.6. The first-order valence-corrected chi connectivity index (χ1v) is 11.6. The van der Waals surface area contributed by atoms with Crippen LogP contribution in [0.1, 0.15) is 44.1 Å². The van der Waals surface area contributed by atoms with Gasteiger partial charge in [-0.15, -0.1) is 0 Å². The Kier molecular flexibility index (Phi) is 5.85. The Bertz CT molecular complexity index is 838. The summed E-state index contributed by atoms with van der Waals surface area (Å²) in [6.07, 6.45) is 5.17. The number of carbonyl (C=O) groups is 3. The molecule has 6 nitrogen and oxygen atoms in total. The van der Waals surface area contributed by atoms with E-state index in [0.717, 1.165) is 41.2 Å². The van der Waals surface area contributed by atoms with Crippen LogP contribution < -0.4 is 5.32 Å². The molecule has 4 aliphatic carbocycles. The Balaban J connectivity index is 1.55. The number of hydrogen-bond donors (Lipinski definition) is 1. The van der Waals surface area contributed by atoms with Gasteiger partial charge in [-0.3, -0.25) is 9.59 Å². The molecule has 0 aliphatic heterocycles. The van der Waals surface area contributed by atoms with Gasteiger partial charge in [-0.1, -0.05) is 12.1 Å². The van der Waals surface area contributed by atoms with Gasteiger partial charge >= 0.3 is 11.9 Å². The molecule has 0 radical (unpaired) electrons. The van der Waals surface area contributed by atoms with Crippen molar-refractivity contribution in [2.75, 3.05) is 14.2 Å². The predicted molar refractivity (Wildman–Crippen MR) is 118 cm³/mol. The van der Waals surface area contributed by atoms with E-state index in [9.17, 15) is 14.4 Å². The number of carbonyl (C=O) groups excluding carboxylic acids is 3. The summed E-state index contributed by atoms with van der Waals surface area (Å²) >= 11 is 2.23. The minimum Gasteiger partial charge on any atom is -0.469 e. The summed E-state index contributed by atoms with van der Waals surface area (Å²) in [5.74, 6) is -0.0231. The maximum Gasteiger partial charge on any atom is 0.328 e. The topological polar surface area (TPSA) is 81.7 Å². The van der Waals surface area contributed by atoms with Gasteiger partial charge in [0.25, 0.3) is 0 Å². The van der Waals surface area contributed by atoms with Gasteiger partial charge in [0.2, 0.25) is 5.91 Å². The third-order valence-electron chi connectivity index (χ3n) is 7.31. The van der Waals surface area contributed by atoms with Gasteiger partial charge in [0.15, 0.2) is 0 Å². The van der Waals surface area contributed by atoms with E-state index in [1.807, 2.05) is 24.3 Å². The van der Waals surface area contributed by atoms with Gasteiger partial charge in [-0.05, 0) is 90.6 Å². The zero-order chi connectivity index (χ0) is 21.5. The number of amides is 1. The largest absolute Gasteiger partial charge is 0.469 e. The lowest BCUT2D eigenvalue weighted by molar-refractivity contribution is -0.182. The lowest BCUT2D eigenvalue weighted by Gasteiger charge is -2.59. The van der Waals surface area contributed by atoms with Gasteiger partial charge in [-0.2, -0.15) is 0 Å². The first-order chi connectivity index (χ1) is 14.3. The highest BCUT2D eigenvalue weighted by atomic mass is 127. The summed E-state index contributed by atoms with van der Waals surface area (Å²) in [7, 11) is 2.77. The molecule has 4 saturated carbocycles. The molecule has 0 spiro atoms. The van der Waals surface area contributed by atoms with Crippen LogP contribution in [-0.2, 0) is 30.3 Å². The highest BCUT2D eigenvalue weighted by molar-refractivity contribution is 14.1. The molecule has 162 valence electrons. The minimum absolute atomic E-state index is 0.120. The van der Waals surface area contributed by atoms with E-state index in [2.05, 4.69) is 27.9 Å². The fraction of sp³-hybridized carbons (Fsp3) is 0.609. The van der Waals surface area contributed by atoms with Crippen molar-refractivity contribution < 1.29 is 23.9 Å². The SMILES string of the molecule is COC(=O)[C@H](Cc1ccc(I)cc1)NC(=O)C12CC3CC(C1)CC(C(=O)OC)(C3)C2. The number of nitrogens with one attached hydrogen (secondary N) is 1. The molecular formula is C23H28INO5. The fourth-order valence-corrected chi connectivity index (χ4v) is 6.85. The first kappa shape index (κ1) is 21.6. The van der Waals surface area contributed by atoms with Crippen molar-refractivity contribution in [3.63, 3.8) is 0 Å². The molecule has 1 N–H and O–H groups in total. The minimum atomic E-state index is -0.746. The van der Waals surface area contributed by atoms with Crippen LogP contribution in [0, 0.1) is 26.2 Å². The first-order valence-electron chi connectivity index (χ1n) is 10.5. The van der Waals surface area contributed by atoms with E-state index in [1.54, 1.807) is 0 Å². The molecule has 7 heteroatoms. The molecule has 1 aromatic carbocycles. The van der Waals surface area contributed by atoms with Crippen molar-refractivity contribution in [3.8, 4) is 0 Å². The molecule has 3 atom stereocenters. The Hall–Kier alpha value is -1.64. The summed E-state index contributed by atoms with van der Waals surface area (Å²) in [5.41, 5.74) is -0.188. The second-order valence-electron chi connectivity index (χ2n) is 9.39. The Labute approximate surface area is 190 Å². The second kappa shape index (κ2) is 8.13. The lowest BCUT2D eigenvalue weighted by Crippen LogP contribution is -2.61. The van der Waals surface area contributed by atoms with Crippen molar-refractivity contribution in [2.45, 2.75) is 51.0 Å². The molecule has 1 aromatic rings. The Morgan fingerprint density at radius 2 is 1.63 bits per heavy atom. The monoisotopic (exact) mass is 525 g/mol. The van der Waals surface area contributed by atoms with Crippen LogP contribution in [0.5, 0.6) is 0 Å². The van der Waals surface area contributed by atoms with E-state index in [4.69, 9.17) is 9.47 Å². The standard InChI is InChI=1S/C23H28INO5/c1-29-19(26)18(8-14-3-5-17(24)6-4-14)25-20(27)22-9-15-7-16(10-22)12-23(11-15,13-22)21(28)30-2/h3-6,15-16,18H,7-13H2,1-2H3,(H,25,27)/t15?,16?,18-,22?,23?/m0/s1. The summed E-state index contributed by atoms with van der Waals surface area (Å²) in [6.45, 7) is 0. The molecule has 4 bridgehead atoms. The number of esters is 2. The molecule has 30 heavy (non-hydrogen) atoms. The van der Waals surface area contributed by atoms with Crippen LogP contribution in [0.25, 0.3) is 0 Å². The van der Waals surface area contributed by atoms with Gasteiger partial charge in [-0.25, -0.2) is 4.79 Å². The van der Waals surface area contributed by atoms with Crippen LogP contribution in [0.4, 0.5) is 0 Å². The average molecular weight is 525 g/mol. The molecule has 0 saturated heterocycles. The zero-order valence-electron chi connectivity index (χ0n) is 17.4. The zero-order valence-corrected chi connectivity index (χ0v) is 19.6. The summed E-state index contributed by atoms with van der Waals surface area (Å²) in [6, 6.07) is 7.13. The number of methoxy groups -OCH3 is 2. The molecule has 4 aliphatic rings. The van der Waals surface area contributed by atoms with E-state index in [1.165, 1.54) is 14.2 Å². The van der Waals surface area contributed by atoms with Crippen molar-refractivity contribution in [3.05, 3.63) is 33.4 Å². The Morgan fingerprint density at radius 1 is 1.03 bits per heavy atom. The predicted octanol–water partition coefficient (Wildman–Crippen LogP) is 3.25. The number of rotatable bonds is 6. The summed E-state index contributed by atoms with van der Waals surface area (Å²) < 4.78 is 11.2.